The maximum absolute atomic E-state index is 11.1. The molecule has 0 aliphatic rings. The Morgan fingerprint density at radius 1 is 0.400 bits per heavy atom. The Bertz CT molecular complexity index is 603. The van der Waals surface area contributed by atoms with Crippen LogP contribution >= 0.6 is 0 Å². The Labute approximate surface area is 215 Å². The summed E-state index contributed by atoms with van der Waals surface area (Å²) in [6.45, 7) is 0. The Kier molecular flexibility index (Phi) is 24.1. The molecule has 0 aromatic carbocycles. The van der Waals surface area contributed by atoms with Gasteiger partial charge < -0.3 is 5.11 Å². The Morgan fingerprint density at radius 2 is 0.600 bits per heavy atom. The fourth-order valence-electron chi connectivity index (χ4n) is 4.56. The van der Waals surface area contributed by atoms with Gasteiger partial charge in [0.2, 0.25) is 0 Å². The lowest BCUT2D eigenvalue weighted by Crippen LogP contribution is -2.12. The molecule has 0 heterocycles. The van der Waals surface area contributed by atoms with Gasteiger partial charge >= 0.3 is 16.1 Å². The van der Waals surface area contributed by atoms with Gasteiger partial charge in [0.25, 0.3) is 5.12 Å². The van der Waals surface area contributed by atoms with Crippen LogP contribution in [0, 0.1) is 0 Å². The molecule has 0 rings (SSSR count). The molecule has 0 aromatic heterocycles. The Balaban J connectivity index is 3.11. The van der Waals surface area contributed by atoms with Crippen molar-refractivity contribution in [3.05, 3.63) is 0 Å². The van der Waals surface area contributed by atoms with Crippen molar-refractivity contribution in [1.29, 1.82) is 0 Å². The van der Waals surface area contributed by atoms with Crippen molar-refractivity contribution >= 4 is 21.2 Å². The second-order valence-corrected chi connectivity index (χ2v) is 11.6. The highest BCUT2D eigenvalue weighted by Gasteiger charge is 2.16. The van der Waals surface area contributed by atoms with Gasteiger partial charge in [0.05, 0.1) is 0 Å². The molecule has 0 fully saturated rings. The summed E-state index contributed by atoms with van der Waals surface area (Å²) in [6.07, 6.45) is 29.6. The number of carbonyl (C=O) groups is 2. The van der Waals surface area contributed by atoms with Gasteiger partial charge in [-0.25, -0.2) is 0 Å². The SMILES string of the molecule is O=C(O)CCCCCCCCCCCCCCCCCCCCCCCCCCC(=O)S(=O)(=O)O. The van der Waals surface area contributed by atoms with Gasteiger partial charge in [0.15, 0.2) is 0 Å². The molecule has 35 heavy (non-hydrogen) atoms. The molecular weight excluding hydrogens is 464 g/mol. The third kappa shape index (κ3) is 27.5. The van der Waals surface area contributed by atoms with E-state index >= 15 is 0 Å². The average Bonchev–Trinajstić information content (AvgIpc) is 2.80. The highest BCUT2D eigenvalue weighted by Crippen LogP contribution is 2.16. The summed E-state index contributed by atoms with van der Waals surface area (Å²) < 4.78 is 29.8. The van der Waals surface area contributed by atoms with Crippen molar-refractivity contribution in [1.82, 2.24) is 0 Å². The summed E-state index contributed by atoms with van der Waals surface area (Å²) in [5.74, 6) is -0.671. The molecule has 0 unspecified atom stereocenters. The van der Waals surface area contributed by atoms with Gasteiger partial charge in [0, 0.05) is 12.8 Å². The second-order valence-electron chi connectivity index (χ2n) is 10.2. The number of hydrogen-bond donors (Lipinski definition) is 2. The zero-order valence-electron chi connectivity index (χ0n) is 22.3. The van der Waals surface area contributed by atoms with E-state index in [1.54, 1.807) is 0 Å². The number of hydrogen-bond acceptors (Lipinski definition) is 4. The maximum Gasteiger partial charge on any atom is 0.328 e. The van der Waals surface area contributed by atoms with E-state index in [1.807, 2.05) is 0 Å². The van der Waals surface area contributed by atoms with Crippen LogP contribution in [0.25, 0.3) is 0 Å². The van der Waals surface area contributed by atoms with Crippen molar-refractivity contribution < 1.29 is 27.7 Å². The first kappa shape index (κ1) is 34.0. The van der Waals surface area contributed by atoms with E-state index in [0.29, 0.717) is 12.8 Å². The van der Waals surface area contributed by atoms with Crippen molar-refractivity contribution in [3.8, 4) is 0 Å². The third-order valence-corrected chi connectivity index (χ3v) is 7.59. The van der Waals surface area contributed by atoms with Gasteiger partial charge in [-0.1, -0.05) is 141 Å². The van der Waals surface area contributed by atoms with E-state index in [9.17, 15) is 18.0 Å². The van der Waals surface area contributed by atoms with E-state index in [-0.39, 0.29) is 6.42 Å². The van der Waals surface area contributed by atoms with E-state index in [4.69, 9.17) is 9.66 Å². The lowest BCUT2D eigenvalue weighted by Gasteiger charge is -2.04. The van der Waals surface area contributed by atoms with Crippen LogP contribution in [0.2, 0.25) is 0 Å². The van der Waals surface area contributed by atoms with Crippen molar-refractivity contribution in [2.24, 2.45) is 0 Å². The molecule has 0 atom stereocenters. The molecule has 0 aromatic rings. The zero-order chi connectivity index (χ0) is 26.0. The van der Waals surface area contributed by atoms with Crippen molar-refractivity contribution in [3.63, 3.8) is 0 Å². The average molecular weight is 519 g/mol. The molecule has 2 N–H and O–H groups in total. The molecule has 6 nitrogen and oxygen atoms in total. The van der Waals surface area contributed by atoms with E-state index in [2.05, 4.69) is 0 Å². The first-order chi connectivity index (χ1) is 16.8. The Morgan fingerprint density at radius 3 is 0.800 bits per heavy atom. The van der Waals surface area contributed by atoms with Crippen molar-refractivity contribution in [2.75, 3.05) is 0 Å². The molecule has 0 saturated carbocycles. The summed E-state index contributed by atoms with van der Waals surface area (Å²) in [5.41, 5.74) is 0. The number of aliphatic carboxylic acids is 1. The number of carboxylic acids is 1. The van der Waals surface area contributed by atoms with Crippen LogP contribution in [-0.4, -0.2) is 29.2 Å². The molecule has 0 bridgehead atoms. The van der Waals surface area contributed by atoms with Crippen LogP contribution in [0.3, 0.4) is 0 Å². The van der Waals surface area contributed by atoms with Crippen LogP contribution in [0.1, 0.15) is 167 Å². The molecule has 0 spiro atoms. The Hall–Kier alpha value is -0.950. The highest BCUT2D eigenvalue weighted by atomic mass is 32.2. The van der Waals surface area contributed by atoms with Gasteiger partial charge in [-0.15, -0.1) is 0 Å². The molecule has 0 saturated heterocycles. The number of carbonyl (C=O) groups excluding carboxylic acids is 1. The molecule has 0 aliphatic heterocycles. The van der Waals surface area contributed by atoms with Crippen LogP contribution in [0.15, 0.2) is 0 Å². The van der Waals surface area contributed by atoms with E-state index in [1.165, 1.54) is 116 Å². The zero-order valence-corrected chi connectivity index (χ0v) is 23.1. The summed E-state index contributed by atoms with van der Waals surface area (Å²) in [5, 5.41) is 7.54. The van der Waals surface area contributed by atoms with Crippen LogP contribution in [0.4, 0.5) is 0 Å². The summed E-state index contributed by atoms with van der Waals surface area (Å²) in [7, 11) is -4.48. The first-order valence-electron chi connectivity index (χ1n) is 14.6. The fraction of sp³-hybridized carbons (Fsp3) is 0.929. The number of rotatable bonds is 27. The third-order valence-electron chi connectivity index (χ3n) is 6.81. The van der Waals surface area contributed by atoms with E-state index < -0.39 is 21.2 Å². The minimum absolute atomic E-state index is 0.0697. The monoisotopic (exact) mass is 518 g/mol. The molecule has 0 aliphatic carbocycles. The minimum Gasteiger partial charge on any atom is -0.481 e. The van der Waals surface area contributed by atoms with Gasteiger partial charge in [-0.05, 0) is 12.8 Å². The second kappa shape index (κ2) is 24.7. The quantitative estimate of drug-likeness (QED) is 0.0832. The normalized spacial score (nSPS) is 11.7. The van der Waals surface area contributed by atoms with Gasteiger partial charge in [-0.3, -0.25) is 14.1 Å². The standard InChI is InChI=1S/C28H54O6S/c29-27(30)25-23-21-19-17-15-13-11-9-7-5-3-1-2-4-6-8-10-12-14-16-18-20-22-24-26-28(31)35(32,33)34/h1-26H2,(H,29,30)(H,32,33,34). The van der Waals surface area contributed by atoms with Crippen LogP contribution < -0.4 is 0 Å². The van der Waals surface area contributed by atoms with Crippen LogP contribution in [0.5, 0.6) is 0 Å². The molecule has 0 amide bonds. The maximum atomic E-state index is 11.1. The molecule has 0 radical (unpaired) electrons. The number of unbranched alkanes of at least 4 members (excludes halogenated alkanes) is 23. The minimum atomic E-state index is -4.48. The lowest BCUT2D eigenvalue weighted by atomic mass is 10.0. The molecule has 208 valence electrons. The summed E-state index contributed by atoms with van der Waals surface area (Å²) in [4.78, 5) is 21.5. The van der Waals surface area contributed by atoms with Gasteiger partial charge in [0.1, 0.15) is 0 Å². The van der Waals surface area contributed by atoms with Crippen molar-refractivity contribution in [2.45, 2.75) is 167 Å². The molecule has 7 heteroatoms. The predicted molar refractivity (Wildman–Crippen MR) is 144 cm³/mol. The predicted octanol–water partition coefficient (Wildman–Crippen LogP) is 8.63. The highest BCUT2D eigenvalue weighted by molar-refractivity contribution is 8.01. The molecular formula is C28H54O6S. The smallest absolute Gasteiger partial charge is 0.328 e. The fourth-order valence-corrected chi connectivity index (χ4v) is 4.97. The summed E-state index contributed by atoms with van der Waals surface area (Å²) in [6, 6.07) is 0. The van der Waals surface area contributed by atoms with Gasteiger partial charge in [-0.2, -0.15) is 8.42 Å². The van der Waals surface area contributed by atoms with E-state index in [0.717, 1.165) is 32.1 Å². The lowest BCUT2D eigenvalue weighted by molar-refractivity contribution is -0.137. The topological polar surface area (TPSA) is 109 Å². The summed E-state index contributed by atoms with van der Waals surface area (Å²) >= 11 is 0. The first-order valence-corrected chi connectivity index (χ1v) is 16.0. The largest absolute Gasteiger partial charge is 0.481 e. The van der Waals surface area contributed by atoms with Crippen LogP contribution in [-0.2, 0) is 19.7 Å². The number of carboxylic acid groups (broad SMARTS) is 1.